The highest BCUT2D eigenvalue weighted by atomic mass is 28.4. The highest BCUT2D eigenvalue weighted by Gasteiger charge is 2.39. The third-order valence-electron chi connectivity index (χ3n) is 7.37. The van der Waals surface area contributed by atoms with Gasteiger partial charge in [0.1, 0.15) is 12.4 Å². The molecule has 208 valence electrons. The molecule has 6 nitrogen and oxygen atoms in total. The van der Waals surface area contributed by atoms with Crippen molar-refractivity contribution in [3.8, 4) is 11.8 Å². The summed E-state index contributed by atoms with van der Waals surface area (Å²) in [4.78, 5) is 15.8. The van der Waals surface area contributed by atoms with Crippen LogP contribution >= 0.6 is 0 Å². The Morgan fingerprint density at radius 1 is 1.05 bits per heavy atom. The molecule has 39 heavy (non-hydrogen) atoms. The van der Waals surface area contributed by atoms with Crippen LogP contribution in [-0.2, 0) is 26.8 Å². The number of esters is 1. The Labute approximate surface area is 234 Å². The molecule has 0 aliphatic rings. The van der Waals surface area contributed by atoms with Crippen molar-refractivity contribution in [1.82, 2.24) is 4.98 Å². The minimum absolute atomic E-state index is 0.00169. The molecule has 3 rings (SSSR count). The predicted octanol–water partition coefficient (Wildman–Crippen LogP) is 7.42. The zero-order chi connectivity index (χ0) is 28.3. The number of pyridine rings is 1. The van der Waals surface area contributed by atoms with Crippen LogP contribution in [0.2, 0.25) is 18.1 Å². The van der Waals surface area contributed by atoms with Crippen molar-refractivity contribution >= 4 is 25.1 Å². The second kappa shape index (κ2) is 14.3. The van der Waals surface area contributed by atoms with Crippen molar-refractivity contribution < 1.29 is 18.7 Å². The van der Waals surface area contributed by atoms with Crippen LogP contribution in [0.3, 0.4) is 0 Å². The maximum absolute atomic E-state index is 11.5. The molecular weight excluding hydrogens is 504 g/mol. The summed E-state index contributed by atoms with van der Waals surface area (Å²) in [5, 5.41) is 10.9. The first kappa shape index (κ1) is 30.3. The van der Waals surface area contributed by atoms with Crippen LogP contribution in [0, 0.1) is 11.3 Å². The van der Waals surface area contributed by atoms with Gasteiger partial charge in [-0.3, -0.25) is 9.78 Å². The van der Waals surface area contributed by atoms with E-state index >= 15 is 0 Å². The Morgan fingerprint density at radius 2 is 1.82 bits per heavy atom. The standard InChI is InChI=1S/C32H42N2O4Si/c1-32(2,3)39(4,5)38-30(16-13-26-9-7-19-34-23-26)24-37-29-17-15-27-21-25(12-14-28(27)22-29)10-8-20-36-31(35)11-6-18-33/h7,9,12,14-15,17,19,21-23,30H,6,8,10-11,13,16,20,24H2,1-5H3/t30-/m1/s1. The maximum Gasteiger partial charge on any atom is 0.306 e. The monoisotopic (exact) mass is 546 g/mol. The summed E-state index contributed by atoms with van der Waals surface area (Å²) in [6, 6.07) is 18.6. The molecule has 3 aromatic rings. The molecule has 0 saturated heterocycles. The largest absolute Gasteiger partial charge is 0.491 e. The zero-order valence-electron chi connectivity index (χ0n) is 24.0. The first-order valence-electron chi connectivity index (χ1n) is 13.8. The van der Waals surface area contributed by atoms with Gasteiger partial charge in [-0.05, 0) is 83.9 Å². The Hall–Kier alpha value is -3.21. The average molecular weight is 547 g/mol. The third kappa shape index (κ3) is 9.80. The highest BCUT2D eigenvalue weighted by molar-refractivity contribution is 6.74. The fourth-order valence-corrected chi connectivity index (χ4v) is 5.42. The van der Waals surface area contributed by atoms with Crippen LogP contribution in [0.4, 0.5) is 0 Å². The summed E-state index contributed by atoms with van der Waals surface area (Å²) in [5.74, 6) is 0.529. The summed E-state index contributed by atoms with van der Waals surface area (Å²) in [6.07, 6.45) is 7.43. The van der Waals surface area contributed by atoms with Crippen LogP contribution in [0.5, 0.6) is 5.75 Å². The molecule has 0 fully saturated rings. The van der Waals surface area contributed by atoms with Gasteiger partial charge in [0.2, 0.25) is 0 Å². The van der Waals surface area contributed by atoms with E-state index in [9.17, 15) is 4.79 Å². The minimum Gasteiger partial charge on any atom is -0.491 e. The molecule has 1 aromatic heterocycles. The Kier molecular flexibility index (Phi) is 11.1. The van der Waals surface area contributed by atoms with E-state index in [0.29, 0.717) is 13.2 Å². The lowest BCUT2D eigenvalue weighted by Gasteiger charge is -2.39. The molecule has 0 aliphatic heterocycles. The van der Waals surface area contributed by atoms with E-state index in [1.807, 2.05) is 24.4 Å². The van der Waals surface area contributed by atoms with Gasteiger partial charge in [0.15, 0.2) is 8.32 Å². The van der Waals surface area contributed by atoms with E-state index in [4.69, 9.17) is 19.2 Å². The van der Waals surface area contributed by atoms with Crippen molar-refractivity contribution in [3.63, 3.8) is 0 Å². The first-order valence-corrected chi connectivity index (χ1v) is 16.7. The topological polar surface area (TPSA) is 81.4 Å². The molecule has 0 bridgehead atoms. The van der Waals surface area contributed by atoms with Crippen molar-refractivity contribution in [3.05, 3.63) is 72.1 Å². The SMILES string of the molecule is CC(C)(C)[Si](C)(C)O[C@H](CCc1cccnc1)COc1ccc2cc(CCCOC(=O)CCC#N)ccc2c1. The number of fused-ring (bicyclic) bond motifs is 1. The number of rotatable bonds is 14. The van der Waals surface area contributed by atoms with Crippen LogP contribution in [0.15, 0.2) is 60.9 Å². The zero-order valence-corrected chi connectivity index (χ0v) is 25.0. The van der Waals surface area contributed by atoms with Gasteiger partial charge in [0.25, 0.3) is 0 Å². The maximum atomic E-state index is 11.5. The number of nitrogens with zero attached hydrogens (tertiary/aromatic N) is 2. The predicted molar refractivity (Wildman–Crippen MR) is 158 cm³/mol. The molecule has 1 heterocycles. The molecule has 0 radical (unpaired) electrons. The lowest BCUT2D eigenvalue weighted by atomic mass is 10.0. The molecule has 0 spiro atoms. The van der Waals surface area contributed by atoms with Crippen LogP contribution in [0.1, 0.15) is 57.6 Å². The lowest BCUT2D eigenvalue weighted by molar-refractivity contribution is -0.143. The number of aryl methyl sites for hydroxylation is 2. The van der Waals surface area contributed by atoms with Crippen molar-refractivity contribution in [2.45, 2.75) is 83.5 Å². The normalized spacial score (nSPS) is 12.6. The average Bonchev–Trinajstić information content (AvgIpc) is 2.91. The lowest BCUT2D eigenvalue weighted by Crippen LogP contribution is -2.45. The molecular formula is C32H42N2O4Si. The Balaban J connectivity index is 1.59. The third-order valence-corrected chi connectivity index (χ3v) is 11.9. The van der Waals surface area contributed by atoms with Gasteiger partial charge < -0.3 is 13.9 Å². The molecule has 0 amide bonds. The number of nitriles is 1. The number of benzene rings is 2. The van der Waals surface area contributed by atoms with Gasteiger partial charge >= 0.3 is 5.97 Å². The molecule has 0 unspecified atom stereocenters. The summed E-state index contributed by atoms with van der Waals surface area (Å²) < 4.78 is 18.3. The summed E-state index contributed by atoms with van der Waals surface area (Å²) in [7, 11) is -1.96. The van der Waals surface area contributed by atoms with Crippen LogP contribution in [-0.4, -0.2) is 38.6 Å². The van der Waals surface area contributed by atoms with Gasteiger partial charge in [-0.25, -0.2) is 0 Å². The van der Waals surface area contributed by atoms with Gasteiger partial charge in [-0.1, -0.05) is 51.1 Å². The summed E-state index contributed by atoms with van der Waals surface area (Å²) >= 11 is 0. The van der Waals surface area contributed by atoms with Crippen molar-refractivity contribution in [2.75, 3.05) is 13.2 Å². The second-order valence-corrected chi connectivity index (χ2v) is 16.3. The Morgan fingerprint density at radius 3 is 2.54 bits per heavy atom. The second-order valence-electron chi connectivity index (χ2n) is 11.5. The number of aromatic nitrogens is 1. The fourth-order valence-electron chi connectivity index (χ4n) is 4.04. The number of carbonyl (C=O) groups excluding carboxylic acids is 1. The smallest absolute Gasteiger partial charge is 0.306 e. The fraction of sp³-hybridized carbons (Fsp3) is 0.469. The van der Waals surface area contributed by atoms with Crippen molar-refractivity contribution in [2.24, 2.45) is 0 Å². The highest BCUT2D eigenvalue weighted by Crippen LogP contribution is 2.38. The Bertz CT molecular complexity index is 1250. The van der Waals surface area contributed by atoms with Gasteiger partial charge in [0.05, 0.1) is 25.2 Å². The number of hydrogen-bond acceptors (Lipinski definition) is 6. The molecule has 0 aliphatic carbocycles. The summed E-state index contributed by atoms with van der Waals surface area (Å²) in [6.45, 7) is 12.2. The van der Waals surface area contributed by atoms with E-state index in [2.05, 4.69) is 75.2 Å². The van der Waals surface area contributed by atoms with Gasteiger partial charge in [-0.2, -0.15) is 5.26 Å². The first-order chi connectivity index (χ1) is 18.6. The van der Waals surface area contributed by atoms with E-state index in [-0.39, 0.29) is 30.0 Å². The number of ether oxygens (including phenoxy) is 2. The molecule has 2 aromatic carbocycles. The minimum atomic E-state index is -1.96. The molecule has 1 atom stereocenters. The van der Waals surface area contributed by atoms with E-state index in [1.54, 1.807) is 6.20 Å². The van der Waals surface area contributed by atoms with Gasteiger partial charge in [-0.15, -0.1) is 0 Å². The van der Waals surface area contributed by atoms with E-state index in [0.717, 1.165) is 42.2 Å². The van der Waals surface area contributed by atoms with Crippen LogP contribution in [0.25, 0.3) is 10.8 Å². The summed E-state index contributed by atoms with van der Waals surface area (Å²) in [5.41, 5.74) is 2.41. The number of carbonyl (C=O) groups is 1. The van der Waals surface area contributed by atoms with Crippen molar-refractivity contribution in [1.29, 1.82) is 5.26 Å². The molecule has 0 saturated carbocycles. The van der Waals surface area contributed by atoms with E-state index in [1.165, 1.54) is 11.1 Å². The van der Waals surface area contributed by atoms with Crippen LogP contribution < -0.4 is 4.74 Å². The molecule has 0 N–H and O–H groups in total. The quantitative estimate of drug-likeness (QED) is 0.119. The number of hydrogen-bond donors (Lipinski definition) is 0. The van der Waals surface area contributed by atoms with E-state index < -0.39 is 8.32 Å². The molecule has 7 heteroatoms. The van der Waals surface area contributed by atoms with Gasteiger partial charge in [0, 0.05) is 18.8 Å².